The minimum Gasteiger partial charge on any atom is -0.497 e. The molecular weight excluding hydrogens is 480 g/mol. The van der Waals surface area contributed by atoms with Crippen molar-refractivity contribution in [3.05, 3.63) is 71.9 Å². The van der Waals surface area contributed by atoms with Crippen molar-refractivity contribution < 1.29 is 22.7 Å². The average Bonchev–Trinajstić information content (AvgIpc) is 3.36. The van der Waals surface area contributed by atoms with Crippen molar-refractivity contribution in [2.45, 2.75) is 43.9 Å². The Kier molecular flexibility index (Phi) is 7.37. The maximum absolute atomic E-state index is 13.8. The van der Waals surface area contributed by atoms with E-state index in [2.05, 4.69) is 5.10 Å². The van der Waals surface area contributed by atoms with Crippen LogP contribution in [0.5, 0.6) is 11.5 Å². The van der Waals surface area contributed by atoms with Crippen LogP contribution < -0.4 is 9.47 Å². The predicted octanol–water partition coefficient (Wildman–Crippen LogP) is 3.26. The number of nitrogens with zero attached hydrogens (tertiary/aromatic N) is 4. The standard InChI is InChI=1S/C26H32N4O5S/c1-26(2,25(31)28-15-5-16-28)30-17-14-24(27-30)36(32,33)29(18-20-6-10-22(34-3)11-7-20)19-21-8-12-23(35-4)13-9-21/h6-14,17H,5,15-16,18-19H2,1-4H3. The summed E-state index contributed by atoms with van der Waals surface area (Å²) < 4.78 is 40.9. The Hall–Kier alpha value is -3.37. The maximum atomic E-state index is 13.8. The molecule has 0 unspecified atom stereocenters. The van der Waals surface area contributed by atoms with E-state index < -0.39 is 15.6 Å². The van der Waals surface area contributed by atoms with Crippen LogP contribution in [0.15, 0.2) is 65.8 Å². The molecule has 9 nitrogen and oxygen atoms in total. The van der Waals surface area contributed by atoms with Crippen LogP contribution >= 0.6 is 0 Å². The minimum absolute atomic E-state index is 0.0749. The van der Waals surface area contributed by atoms with E-state index >= 15 is 0 Å². The number of carbonyl (C=O) groups excluding carboxylic acids is 1. The van der Waals surface area contributed by atoms with E-state index in [1.54, 1.807) is 63.4 Å². The van der Waals surface area contributed by atoms with Gasteiger partial charge in [0.25, 0.3) is 10.0 Å². The highest BCUT2D eigenvalue weighted by molar-refractivity contribution is 7.89. The van der Waals surface area contributed by atoms with Crippen LogP contribution in [0.2, 0.25) is 0 Å². The van der Waals surface area contributed by atoms with Gasteiger partial charge in [0.2, 0.25) is 5.91 Å². The molecule has 192 valence electrons. The molecule has 3 aromatic rings. The fourth-order valence-corrected chi connectivity index (χ4v) is 5.31. The third kappa shape index (κ3) is 5.24. The van der Waals surface area contributed by atoms with E-state index in [4.69, 9.17) is 9.47 Å². The molecule has 10 heteroatoms. The molecule has 2 aromatic carbocycles. The highest BCUT2D eigenvalue weighted by atomic mass is 32.2. The molecule has 2 heterocycles. The summed E-state index contributed by atoms with van der Waals surface area (Å²) >= 11 is 0. The van der Waals surface area contributed by atoms with Crippen LogP contribution in [0.1, 0.15) is 31.4 Å². The van der Waals surface area contributed by atoms with Gasteiger partial charge in [0.15, 0.2) is 5.03 Å². The lowest BCUT2D eigenvalue weighted by Crippen LogP contribution is -2.52. The number of hydrogen-bond acceptors (Lipinski definition) is 6. The van der Waals surface area contributed by atoms with Gasteiger partial charge in [0.1, 0.15) is 17.0 Å². The van der Waals surface area contributed by atoms with Gasteiger partial charge in [-0.05, 0) is 61.7 Å². The van der Waals surface area contributed by atoms with Crippen LogP contribution in [0.4, 0.5) is 0 Å². The van der Waals surface area contributed by atoms with E-state index in [1.807, 2.05) is 24.3 Å². The molecule has 0 radical (unpaired) electrons. The zero-order chi connectivity index (χ0) is 25.9. The lowest BCUT2D eigenvalue weighted by Gasteiger charge is -2.37. The number of hydrogen-bond donors (Lipinski definition) is 0. The van der Waals surface area contributed by atoms with Gasteiger partial charge in [-0.25, -0.2) is 8.42 Å². The molecule has 1 aliphatic heterocycles. The highest BCUT2D eigenvalue weighted by Gasteiger charge is 2.38. The van der Waals surface area contributed by atoms with E-state index in [0.717, 1.165) is 17.5 Å². The van der Waals surface area contributed by atoms with E-state index in [9.17, 15) is 13.2 Å². The van der Waals surface area contributed by atoms with Crippen LogP contribution in [-0.2, 0) is 33.4 Å². The minimum atomic E-state index is -3.99. The molecule has 1 fully saturated rings. The first kappa shape index (κ1) is 25.7. The maximum Gasteiger partial charge on any atom is 0.262 e. The number of ether oxygens (including phenoxy) is 2. The fourth-order valence-electron chi connectivity index (χ4n) is 3.99. The molecule has 1 amide bonds. The number of amides is 1. The third-order valence-corrected chi connectivity index (χ3v) is 8.13. The largest absolute Gasteiger partial charge is 0.497 e. The van der Waals surface area contributed by atoms with Gasteiger partial charge in [-0.3, -0.25) is 9.48 Å². The number of sulfonamides is 1. The Labute approximate surface area is 212 Å². The number of benzene rings is 2. The molecule has 0 atom stereocenters. The fraction of sp³-hybridized carbons (Fsp3) is 0.385. The topological polar surface area (TPSA) is 94.0 Å². The number of likely N-dealkylation sites (tertiary alicyclic amines) is 1. The lowest BCUT2D eigenvalue weighted by molar-refractivity contribution is -0.143. The molecule has 36 heavy (non-hydrogen) atoms. The SMILES string of the molecule is COc1ccc(CN(Cc2ccc(OC)cc2)S(=O)(=O)c2ccn(C(C)(C)C(=O)N3CCC3)n2)cc1. The first-order valence-corrected chi connectivity index (χ1v) is 13.2. The van der Waals surface area contributed by atoms with Crippen molar-refractivity contribution in [2.24, 2.45) is 0 Å². The molecular formula is C26H32N4O5S. The van der Waals surface area contributed by atoms with Crippen molar-refractivity contribution in [1.82, 2.24) is 19.0 Å². The first-order chi connectivity index (χ1) is 17.1. The number of carbonyl (C=O) groups is 1. The van der Waals surface area contributed by atoms with Gasteiger partial charge < -0.3 is 14.4 Å². The number of methoxy groups -OCH3 is 2. The monoisotopic (exact) mass is 512 g/mol. The second kappa shape index (κ2) is 10.3. The van der Waals surface area contributed by atoms with Crippen LogP contribution in [0.3, 0.4) is 0 Å². The van der Waals surface area contributed by atoms with Gasteiger partial charge in [-0.1, -0.05) is 24.3 Å². The second-order valence-electron chi connectivity index (χ2n) is 9.27. The van der Waals surface area contributed by atoms with Crippen LogP contribution in [-0.4, -0.2) is 60.6 Å². The quantitative estimate of drug-likeness (QED) is 0.414. The second-order valence-corrected chi connectivity index (χ2v) is 11.2. The molecule has 1 aromatic heterocycles. The summed E-state index contributed by atoms with van der Waals surface area (Å²) in [6.07, 6.45) is 2.54. The molecule has 0 spiro atoms. The van der Waals surface area contributed by atoms with Crippen molar-refractivity contribution in [3.8, 4) is 11.5 Å². The van der Waals surface area contributed by atoms with Gasteiger partial charge in [0, 0.05) is 32.4 Å². The Morgan fingerprint density at radius 2 is 1.42 bits per heavy atom. The normalized spacial score (nSPS) is 14.0. The van der Waals surface area contributed by atoms with Crippen molar-refractivity contribution >= 4 is 15.9 Å². The summed E-state index contributed by atoms with van der Waals surface area (Å²) in [6.45, 7) is 5.22. The molecule has 0 bridgehead atoms. The van der Waals surface area contributed by atoms with Gasteiger partial charge in [0.05, 0.1) is 14.2 Å². The summed E-state index contributed by atoms with van der Waals surface area (Å²) in [6, 6.07) is 16.0. The molecule has 0 aliphatic carbocycles. The molecule has 4 rings (SSSR count). The Morgan fingerprint density at radius 3 is 1.83 bits per heavy atom. The summed E-state index contributed by atoms with van der Waals surface area (Å²) in [5.41, 5.74) is 0.617. The van der Waals surface area contributed by atoms with Crippen molar-refractivity contribution in [3.63, 3.8) is 0 Å². The average molecular weight is 513 g/mol. The van der Waals surface area contributed by atoms with Crippen molar-refractivity contribution in [2.75, 3.05) is 27.3 Å². The van der Waals surface area contributed by atoms with Crippen molar-refractivity contribution in [1.29, 1.82) is 0 Å². The van der Waals surface area contributed by atoms with Gasteiger partial charge in [-0.2, -0.15) is 9.40 Å². The third-order valence-electron chi connectivity index (χ3n) is 6.44. The van der Waals surface area contributed by atoms with Gasteiger partial charge in [-0.15, -0.1) is 0 Å². The molecule has 0 N–H and O–H groups in total. The van der Waals surface area contributed by atoms with Crippen LogP contribution in [0, 0.1) is 0 Å². The zero-order valence-electron chi connectivity index (χ0n) is 21.0. The first-order valence-electron chi connectivity index (χ1n) is 11.8. The summed E-state index contributed by atoms with van der Waals surface area (Å²) in [7, 11) is -0.825. The Balaban J connectivity index is 1.64. The Bertz CT molecular complexity index is 1250. The smallest absolute Gasteiger partial charge is 0.262 e. The highest BCUT2D eigenvalue weighted by Crippen LogP contribution is 2.26. The summed E-state index contributed by atoms with van der Waals surface area (Å²) in [5, 5.41) is 4.27. The molecule has 1 saturated heterocycles. The summed E-state index contributed by atoms with van der Waals surface area (Å²) in [5.74, 6) is 1.31. The van der Waals surface area contributed by atoms with E-state index in [1.165, 1.54) is 15.1 Å². The van der Waals surface area contributed by atoms with Crippen LogP contribution in [0.25, 0.3) is 0 Å². The molecule has 0 saturated carbocycles. The molecule has 1 aliphatic rings. The Morgan fingerprint density at radius 1 is 0.917 bits per heavy atom. The van der Waals surface area contributed by atoms with E-state index in [-0.39, 0.29) is 24.0 Å². The predicted molar refractivity (Wildman–Crippen MR) is 135 cm³/mol. The van der Waals surface area contributed by atoms with Gasteiger partial charge >= 0.3 is 0 Å². The number of aromatic nitrogens is 2. The van der Waals surface area contributed by atoms with E-state index in [0.29, 0.717) is 24.6 Å². The lowest BCUT2D eigenvalue weighted by atomic mass is 10.0. The number of rotatable bonds is 10. The summed E-state index contributed by atoms with van der Waals surface area (Å²) in [4.78, 5) is 14.7. The zero-order valence-corrected chi connectivity index (χ0v) is 21.9.